The van der Waals surface area contributed by atoms with Gasteiger partial charge in [0.05, 0.1) is 21.8 Å². The Balaban J connectivity index is 1.64. The van der Waals surface area contributed by atoms with Crippen LogP contribution in [0.15, 0.2) is 70.8 Å². The third kappa shape index (κ3) is 4.13. The van der Waals surface area contributed by atoms with Gasteiger partial charge in [-0.05, 0) is 36.1 Å². The normalized spacial score (nSPS) is 14.7. The summed E-state index contributed by atoms with van der Waals surface area (Å²) in [7, 11) is 0. The number of anilines is 1. The van der Waals surface area contributed by atoms with E-state index in [4.69, 9.17) is 0 Å². The van der Waals surface area contributed by atoms with Crippen molar-refractivity contribution in [1.82, 2.24) is 9.78 Å². The number of para-hydroxylation sites is 1. The lowest BCUT2D eigenvalue weighted by Gasteiger charge is -2.14. The summed E-state index contributed by atoms with van der Waals surface area (Å²) in [5, 5.41) is 11.0. The minimum atomic E-state index is -1.70. The molecule has 4 aromatic rings. The largest absolute Gasteiger partial charge is 0.280 e. The van der Waals surface area contributed by atoms with Gasteiger partial charge in [0.2, 0.25) is 0 Å². The number of rotatable bonds is 6. The summed E-state index contributed by atoms with van der Waals surface area (Å²) in [6, 6.07) is 13.2. The average Bonchev–Trinajstić information content (AvgIpc) is 3.61. The first kappa shape index (κ1) is 23.7. The molecule has 5 rings (SSSR count). The highest BCUT2D eigenvalue weighted by molar-refractivity contribution is 7.13. The average molecular weight is 511 g/mol. The fourth-order valence-corrected chi connectivity index (χ4v) is 4.62. The van der Waals surface area contributed by atoms with E-state index >= 15 is 0 Å². The second-order valence-corrected chi connectivity index (χ2v) is 8.93. The van der Waals surface area contributed by atoms with Crippen molar-refractivity contribution in [3.63, 3.8) is 0 Å². The smallest absolute Gasteiger partial charge is 0.267 e. The Morgan fingerprint density at radius 1 is 1.00 bits per heavy atom. The maximum atomic E-state index is 14.5. The van der Waals surface area contributed by atoms with Crippen LogP contribution in [0.3, 0.4) is 0 Å². The van der Waals surface area contributed by atoms with E-state index in [0.29, 0.717) is 29.1 Å². The number of hydrogen-bond acceptors (Lipinski definition) is 4. The van der Waals surface area contributed by atoms with E-state index in [1.165, 1.54) is 11.3 Å². The molecule has 2 aromatic heterocycles. The number of halogens is 4. The summed E-state index contributed by atoms with van der Waals surface area (Å²) in [5.74, 6) is -7.53. The van der Waals surface area contributed by atoms with Crippen LogP contribution < -0.4 is 5.01 Å². The van der Waals surface area contributed by atoms with Crippen LogP contribution in [-0.2, 0) is 4.79 Å². The number of nitrogens with zero attached hydrogens (tertiary/aromatic N) is 4. The highest BCUT2D eigenvalue weighted by Gasteiger charge is 2.36. The topological polar surface area (TPSA) is 50.5 Å². The van der Waals surface area contributed by atoms with Crippen molar-refractivity contribution >= 4 is 34.7 Å². The zero-order chi connectivity index (χ0) is 25.4. The van der Waals surface area contributed by atoms with Gasteiger partial charge in [0.25, 0.3) is 5.91 Å². The summed E-state index contributed by atoms with van der Waals surface area (Å²) >= 11 is 1.46. The molecular weight excluding hydrogens is 492 g/mol. The van der Waals surface area contributed by atoms with E-state index in [1.807, 2.05) is 54.8 Å². The summed E-state index contributed by atoms with van der Waals surface area (Å²) in [4.78, 5) is 14.2. The molecular formula is C26H18F4N4OS. The Morgan fingerprint density at radius 3 is 2.36 bits per heavy atom. The summed E-state index contributed by atoms with van der Waals surface area (Å²) in [5.41, 5.74) is 1.08. The fraction of sp³-hybridized carbons (Fsp3) is 0.115. The molecule has 1 amide bonds. The molecule has 0 fully saturated rings. The van der Waals surface area contributed by atoms with Crippen LogP contribution >= 0.6 is 11.3 Å². The predicted octanol–water partition coefficient (Wildman–Crippen LogP) is 6.74. The molecule has 0 saturated heterocycles. The van der Waals surface area contributed by atoms with Gasteiger partial charge in [0, 0.05) is 17.8 Å². The first-order valence-corrected chi connectivity index (χ1v) is 11.9. The molecule has 1 aliphatic heterocycles. The van der Waals surface area contributed by atoms with E-state index in [2.05, 4.69) is 10.2 Å². The number of carbonyl (C=O) groups is 1. The molecule has 36 heavy (non-hydrogen) atoms. The molecule has 0 bridgehead atoms. The zero-order valence-electron chi connectivity index (χ0n) is 18.9. The summed E-state index contributed by atoms with van der Waals surface area (Å²) in [6.45, 7) is 1.85. The molecule has 0 radical (unpaired) electrons. The molecule has 0 aliphatic carbocycles. The van der Waals surface area contributed by atoms with Crippen LogP contribution in [0, 0.1) is 23.3 Å². The van der Waals surface area contributed by atoms with Crippen LogP contribution in [0.25, 0.3) is 22.3 Å². The second kappa shape index (κ2) is 9.54. The lowest BCUT2D eigenvalue weighted by Crippen LogP contribution is -2.24. The van der Waals surface area contributed by atoms with Crippen molar-refractivity contribution in [2.75, 3.05) is 5.01 Å². The number of carbonyl (C=O) groups excluding carboxylic acids is 1. The monoisotopic (exact) mass is 510 g/mol. The van der Waals surface area contributed by atoms with Crippen molar-refractivity contribution < 1.29 is 22.4 Å². The van der Waals surface area contributed by atoms with Crippen LogP contribution in [0.1, 0.15) is 25.3 Å². The number of amides is 1. The zero-order valence-corrected chi connectivity index (χ0v) is 19.7. The minimum absolute atomic E-state index is 0.0609. The molecule has 0 unspecified atom stereocenters. The van der Waals surface area contributed by atoms with Crippen LogP contribution in [0.5, 0.6) is 0 Å². The van der Waals surface area contributed by atoms with Gasteiger partial charge < -0.3 is 0 Å². The lowest BCUT2D eigenvalue weighted by molar-refractivity contribution is -0.114. The molecule has 0 atom stereocenters. The number of aromatic nitrogens is 2. The molecule has 2 aromatic carbocycles. The highest BCUT2D eigenvalue weighted by Crippen LogP contribution is 2.35. The molecule has 0 saturated carbocycles. The van der Waals surface area contributed by atoms with Crippen molar-refractivity contribution in [1.29, 1.82) is 0 Å². The van der Waals surface area contributed by atoms with Crippen LogP contribution in [0.4, 0.5) is 23.2 Å². The fourth-order valence-electron chi connectivity index (χ4n) is 3.89. The SMILES string of the molecule is CCCC1=NN(c2c(F)c(F)cc(F)c2F)C(=O)/C1=C\c1cn(-c2ccccc2)nc1-c1cccs1. The Morgan fingerprint density at radius 2 is 1.72 bits per heavy atom. The molecule has 5 nitrogen and oxygen atoms in total. The maximum Gasteiger partial charge on any atom is 0.280 e. The van der Waals surface area contributed by atoms with Crippen molar-refractivity contribution in [3.05, 3.63) is 94.5 Å². The van der Waals surface area contributed by atoms with E-state index < -0.39 is 34.9 Å². The van der Waals surface area contributed by atoms with Gasteiger partial charge >= 0.3 is 0 Å². The molecule has 10 heteroatoms. The highest BCUT2D eigenvalue weighted by atomic mass is 32.1. The van der Waals surface area contributed by atoms with Crippen LogP contribution in [-0.4, -0.2) is 21.4 Å². The third-order valence-corrected chi connectivity index (χ3v) is 6.44. The van der Waals surface area contributed by atoms with Gasteiger partial charge in [-0.3, -0.25) is 4.79 Å². The van der Waals surface area contributed by atoms with Crippen molar-refractivity contribution in [2.45, 2.75) is 19.8 Å². The summed E-state index contributed by atoms with van der Waals surface area (Å²) in [6.07, 6.45) is 4.15. The van der Waals surface area contributed by atoms with E-state index in [0.717, 1.165) is 10.6 Å². The predicted molar refractivity (Wildman–Crippen MR) is 131 cm³/mol. The number of hydrazone groups is 1. The lowest BCUT2D eigenvalue weighted by atomic mass is 10.0. The third-order valence-electron chi connectivity index (χ3n) is 5.56. The molecule has 1 aliphatic rings. The Kier molecular flexibility index (Phi) is 6.27. The molecule has 0 N–H and O–H groups in total. The first-order chi connectivity index (χ1) is 17.4. The molecule has 3 heterocycles. The standard InChI is InChI=1S/C26H18F4N4OS/c1-2-7-20-17(26(35)34(31-20)25-22(29)18(27)13-19(28)23(25)30)12-15-14-33(16-8-4-3-5-9-16)32-24(15)21-10-6-11-36-21/h3-6,8-14H,2,7H2,1H3/b17-12-. The Labute approximate surface area is 207 Å². The Hall–Kier alpha value is -4.05. The van der Waals surface area contributed by atoms with E-state index in [-0.39, 0.29) is 17.4 Å². The number of hydrogen-bond donors (Lipinski definition) is 0. The van der Waals surface area contributed by atoms with Crippen molar-refractivity contribution in [3.8, 4) is 16.3 Å². The number of thiophene rings is 1. The maximum absolute atomic E-state index is 14.5. The van der Waals surface area contributed by atoms with E-state index in [1.54, 1.807) is 17.0 Å². The number of benzene rings is 2. The van der Waals surface area contributed by atoms with Gasteiger partial charge in [-0.1, -0.05) is 37.6 Å². The van der Waals surface area contributed by atoms with Gasteiger partial charge in [-0.15, -0.1) is 11.3 Å². The minimum Gasteiger partial charge on any atom is -0.267 e. The van der Waals surface area contributed by atoms with Crippen LogP contribution in [0.2, 0.25) is 0 Å². The molecule has 182 valence electrons. The first-order valence-electron chi connectivity index (χ1n) is 11.0. The van der Waals surface area contributed by atoms with Gasteiger partial charge in [0.1, 0.15) is 11.4 Å². The van der Waals surface area contributed by atoms with Gasteiger partial charge in [-0.25, -0.2) is 22.2 Å². The van der Waals surface area contributed by atoms with E-state index in [9.17, 15) is 22.4 Å². The van der Waals surface area contributed by atoms with Gasteiger partial charge in [-0.2, -0.15) is 15.2 Å². The Bertz CT molecular complexity index is 1480. The van der Waals surface area contributed by atoms with Crippen molar-refractivity contribution in [2.24, 2.45) is 5.10 Å². The molecule has 0 spiro atoms. The second-order valence-electron chi connectivity index (χ2n) is 7.98. The van der Waals surface area contributed by atoms with Gasteiger partial charge in [0.15, 0.2) is 23.3 Å². The summed E-state index contributed by atoms with van der Waals surface area (Å²) < 4.78 is 58.4. The quantitative estimate of drug-likeness (QED) is 0.164.